The Balaban J connectivity index is 1.74. The van der Waals surface area contributed by atoms with Gasteiger partial charge in [0.05, 0.1) is 26.4 Å². The van der Waals surface area contributed by atoms with E-state index in [1.54, 1.807) is 13.2 Å². The summed E-state index contributed by atoms with van der Waals surface area (Å²) < 4.78 is 16.4. The minimum absolute atomic E-state index is 0.191. The maximum absolute atomic E-state index is 12.8. The van der Waals surface area contributed by atoms with Crippen molar-refractivity contribution in [3.63, 3.8) is 0 Å². The highest BCUT2D eigenvalue weighted by molar-refractivity contribution is 7.17. The van der Waals surface area contributed by atoms with Gasteiger partial charge in [0, 0.05) is 11.0 Å². The number of nitrogens with one attached hydrogen (secondary N) is 1. The highest BCUT2D eigenvalue weighted by Gasteiger charge is 2.34. The second kappa shape index (κ2) is 12.4. The molecule has 1 atom stereocenters. The van der Waals surface area contributed by atoms with Gasteiger partial charge in [0.25, 0.3) is 0 Å². The third-order valence-corrected chi connectivity index (χ3v) is 7.91. The van der Waals surface area contributed by atoms with E-state index >= 15 is 0 Å². The van der Waals surface area contributed by atoms with Gasteiger partial charge in [0.15, 0.2) is 11.5 Å². The summed E-state index contributed by atoms with van der Waals surface area (Å²) in [6.07, 6.45) is 9.19. The number of carbonyl (C=O) groups is 2. The molecule has 0 aliphatic heterocycles. The minimum Gasteiger partial charge on any atom is -0.493 e. The van der Waals surface area contributed by atoms with Gasteiger partial charge >= 0.3 is 5.97 Å². The van der Waals surface area contributed by atoms with Gasteiger partial charge in [-0.25, -0.2) is 4.79 Å². The molecule has 1 heterocycles. The van der Waals surface area contributed by atoms with E-state index in [1.807, 2.05) is 18.2 Å². The van der Waals surface area contributed by atoms with E-state index in [2.05, 4.69) is 33.0 Å². The molecule has 2 aromatic rings. The molecule has 1 aromatic heterocycles. The number of amides is 1. The first kappa shape index (κ1) is 27.8. The topological polar surface area (TPSA) is 73.9 Å². The lowest BCUT2D eigenvalue weighted by Crippen LogP contribution is -2.26. The molecule has 1 aromatic carbocycles. The highest BCUT2D eigenvalue weighted by atomic mass is 32.1. The molecular formula is C29H39NO5S. The first-order valence-corrected chi connectivity index (χ1v) is 13.5. The van der Waals surface area contributed by atoms with Crippen LogP contribution in [-0.2, 0) is 22.4 Å². The van der Waals surface area contributed by atoms with E-state index in [9.17, 15) is 9.59 Å². The minimum atomic E-state index is -0.403. The fourth-order valence-electron chi connectivity index (χ4n) is 4.50. The molecular weight excluding hydrogens is 474 g/mol. The number of hydrogen-bond acceptors (Lipinski definition) is 6. The Labute approximate surface area is 219 Å². The Hall–Kier alpha value is -2.80. The average Bonchev–Trinajstić information content (AvgIpc) is 3.21. The summed E-state index contributed by atoms with van der Waals surface area (Å²) in [5, 5.41) is 3.48. The molecule has 1 N–H and O–H groups in total. The maximum atomic E-state index is 12.8. The zero-order chi connectivity index (χ0) is 26.3. The molecule has 0 spiro atoms. The molecule has 0 radical (unpaired) electrons. The van der Waals surface area contributed by atoms with Crippen molar-refractivity contribution in [2.24, 2.45) is 11.3 Å². The summed E-state index contributed by atoms with van der Waals surface area (Å²) >= 11 is 1.49. The van der Waals surface area contributed by atoms with Crippen molar-refractivity contribution in [1.82, 2.24) is 0 Å². The number of rotatable bonds is 10. The van der Waals surface area contributed by atoms with Gasteiger partial charge in [0.1, 0.15) is 5.00 Å². The van der Waals surface area contributed by atoms with Crippen LogP contribution in [0.25, 0.3) is 6.08 Å². The van der Waals surface area contributed by atoms with Crippen molar-refractivity contribution in [3.8, 4) is 11.5 Å². The smallest absolute Gasteiger partial charge is 0.341 e. The molecule has 3 rings (SSSR count). The van der Waals surface area contributed by atoms with Crippen molar-refractivity contribution in [2.75, 3.05) is 26.1 Å². The van der Waals surface area contributed by atoms with Crippen LogP contribution in [0.15, 0.2) is 24.3 Å². The molecule has 0 bridgehead atoms. The van der Waals surface area contributed by atoms with Crippen LogP contribution in [0.5, 0.6) is 11.5 Å². The fraction of sp³-hybridized carbons (Fsp3) is 0.517. The van der Waals surface area contributed by atoms with Gasteiger partial charge < -0.3 is 19.5 Å². The van der Waals surface area contributed by atoms with E-state index in [0.717, 1.165) is 49.7 Å². The molecule has 1 amide bonds. The standard InChI is InChI=1S/C29H39NO5S/c1-7-8-9-16-35-22-14-10-19(17-23(22)33-5)11-15-25(31)30-27-26(28(32)34-6)21-13-12-20(29(2,3)4)18-24(21)36-27/h10-11,14-15,17,20H,7-9,12-13,16,18H2,1-6H3,(H,30,31)/b15-11+. The Kier molecular flexibility index (Phi) is 9.60. The third-order valence-electron chi connectivity index (χ3n) is 6.74. The van der Waals surface area contributed by atoms with Crippen molar-refractivity contribution < 1.29 is 23.8 Å². The molecule has 36 heavy (non-hydrogen) atoms. The second-order valence-corrected chi connectivity index (χ2v) is 11.4. The van der Waals surface area contributed by atoms with Crippen molar-refractivity contribution in [2.45, 2.75) is 66.2 Å². The van der Waals surface area contributed by atoms with Gasteiger partial charge in [-0.2, -0.15) is 0 Å². The zero-order valence-corrected chi connectivity index (χ0v) is 23.2. The van der Waals surface area contributed by atoms with Gasteiger partial charge in [0.2, 0.25) is 5.91 Å². The Morgan fingerprint density at radius 1 is 1.17 bits per heavy atom. The van der Waals surface area contributed by atoms with Crippen molar-refractivity contribution in [3.05, 3.63) is 45.8 Å². The van der Waals surface area contributed by atoms with Crippen LogP contribution in [0.3, 0.4) is 0 Å². The van der Waals surface area contributed by atoms with E-state index < -0.39 is 5.97 Å². The number of hydrogen-bond donors (Lipinski definition) is 1. The normalized spacial score (nSPS) is 15.4. The lowest BCUT2D eigenvalue weighted by Gasteiger charge is -2.33. The van der Waals surface area contributed by atoms with Gasteiger partial charge in [-0.3, -0.25) is 4.79 Å². The van der Waals surface area contributed by atoms with Crippen LogP contribution < -0.4 is 14.8 Å². The molecule has 0 saturated carbocycles. The van der Waals surface area contributed by atoms with Crippen LogP contribution in [0.1, 0.15) is 79.7 Å². The third kappa shape index (κ3) is 6.90. The summed E-state index contributed by atoms with van der Waals surface area (Å²) in [6, 6.07) is 5.59. The van der Waals surface area contributed by atoms with E-state index in [1.165, 1.54) is 29.4 Å². The average molecular weight is 514 g/mol. The molecule has 1 aliphatic rings. The number of thiophene rings is 1. The molecule has 7 heteroatoms. The zero-order valence-electron chi connectivity index (χ0n) is 22.4. The molecule has 0 saturated heterocycles. The summed E-state index contributed by atoms with van der Waals surface area (Å²) in [5.41, 5.74) is 2.52. The number of methoxy groups -OCH3 is 2. The van der Waals surface area contributed by atoms with Crippen LogP contribution in [0.4, 0.5) is 5.00 Å². The second-order valence-electron chi connectivity index (χ2n) is 10.3. The van der Waals surface area contributed by atoms with Crippen molar-refractivity contribution in [1.29, 1.82) is 0 Å². The van der Waals surface area contributed by atoms with Crippen LogP contribution in [0, 0.1) is 11.3 Å². The molecule has 6 nitrogen and oxygen atoms in total. The van der Waals surface area contributed by atoms with Crippen LogP contribution >= 0.6 is 11.3 Å². The fourth-order valence-corrected chi connectivity index (χ4v) is 5.82. The van der Waals surface area contributed by atoms with E-state index in [-0.39, 0.29) is 11.3 Å². The predicted octanol–water partition coefficient (Wildman–Crippen LogP) is 6.92. The summed E-state index contributed by atoms with van der Waals surface area (Å²) in [4.78, 5) is 26.6. The van der Waals surface area contributed by atoms with E-state index in [4.69, 9.17) is 14.2 Å². The Morgan fingerprint density at radius 3 is 2.61 bits per heavy atom. The Morgan fingerprint density at radius 2 is 1.94 bits per heavy atom. The largest absolute Gasteiger partial charge is 0.493 e. The van der Waals surface area contributed by atoms with E-state index in [0.29, 0.717) is 34.6 Å². The highest BCUT2D eigenvalue weighted by Crippen LogP contribution is 2.44. The SMILES string of the molecule is CCCCCOc1ccc(/C=C/C(=O)Nc2sc3c(c2C(=O)OC)CCC(C(C)(C)C)C3)cc1OC. The summed E-state index contributed by atoms with van der Waals surface area (Å²) in [5.74, 6) is 1.15. The number of ether oxygens (including phenoxy) is 3. The Bertz CT molecular complexity index is 1100. The number of benzene rings is 1. The lowest BCUT2D eigenvalue weighted by atomic mass is 9.72. The van der Waals surface area contributed by atoms with Crippen LogP contribution in [-0.4, -0.2) is 32.7 Å². The van der Waals surface area contributed by atoms with Gasteiger partial charge in [-0.1, -0.05) is 46.6 Å². The number of unbranched alkanes of at least 4 members (excludes halogenated alkanes) is 2. The first-order chi connectivity index (χ1) is 17.2. The van der Waals surface area contributed by atoms with Gasteiger partial charge in [-0.15, -0.1) is 11.3 Å². The number of anilines is 1. The first-order valence-electron chi connectivity index (χ1n) is 12.7. The summed E-state index contributed by atoms with van der Waals surface area (Å²) in [6.45, 7) is 9.57. The van der Waals surface area contributed by atoms with Gasteiger partial charge in [-0.05, 0) is 66.4 Å². The number of fused-ring (bicyclic) bond motifs is 1. The number of esters is 1. The number of carbonyl (C=O) groups excluding carboxylic acids is 2. The lowest BCUT2D eigenvalue weighted by molar-refractivity contribution is -0.111. The monoisotopic (exact) mass is 513 g/mol. The molecule has 1 unspecified atom stereocenters. The molecule has 196 valence electrons. The molecule has 0 fully saturated rings. The molecule has 1 aliphatic carbocycles. The summed E-state index contributed by atoms with van der Waals surface area (Å²) in [7, 11) is 2.98. The quantitative estimate of drug-likeness (QED) is 0.212. The maximum Gasteiger partial charge on any atom is 0.341 e. The van der Waals surface area contributed by atoms with Crippen molar-refractivity contribution >= 4 is 34.3 Å². The predicted molar refractivity (Wildman–Crippen MR) is 146 cm³/mol. The van der Waals surface area contributed by atoms with Crippen LogP contribution in [0.2, 0.25) is 0 Å².